The Morgan fingerprint density at radius 2 is 2.07 bits per heavy atom. The first-order chi connectivity index (χ1) is 6.90. The maximum Gasteiger partial charge on any atom is 0.295 e. The molecular formula is C11H18N2O. The van der Waals surface area contributed by atoms with E-state index < -0.39 is 0 Å². The number of nitrogens with zero attached hydrogens (tertiary/aromatic N) is 1. The first kappa shape index (κ1) is 10.6. The summed E-state index contributed by atoms with van der Waals surface area (Å²) in [4.78, 5) is 4.22. The van der Waals surface area contributed by atoms with E-state index in [1.165, 1.54) is 0 Å². The van der Waals surface area contributed by atoms with E-state index in [4.69, 9.17) is 4.42 Å². The van der Waals surface area contributed by atoms with Gasteiger partial charge in [0.05, 0.1) is 0 Å². The number of aromatic nitrogens is 1. The van der Waals surface area contributed by atoms with Crippen LogP contribution in [0.5, 0.6) is 0 Å². The van der Waals surface area contributed by atoms with Crippen LogP contribution >= 0.6 is 0 Å². The van der Waals surface area contributed by atoms with Crippen molar-refractivity contribution in [1.82, 2.24) is 4.98 Å². The molecule has 0 aliphatic carbocycles. The van der Waals surface area contributed by atoms with Gasteiger partial charge in [0.25, 0.3) is 6.01 Å². The van der Waals surface area contributed by atoms with Crippen molar-refractivity contribution in [2.45, 2.75) is 20.8 Å². The van der Waals surface area contributed by atoms with Gasteiger partial charge in [-0.15, -0.1) is 0 Å². The van der Waals surface area contributed by atoms with E-state index in [0.29, 0.717) is 6.01 Å². The average molecular weight is 194 g/mol. The molecule has 0 fully saturated rings. The number of hydrogen-bond donors (Lipinski definition) is 1. The topological polar surface area (TPSA) is 38.1 Å². The molecule has 0 bridgehead atoms. The predicted molar refractivity (Wildman–Crippen MR) is 61.6 cm³/mol. The molecule has 0 aliphatic heterocycles. The second-order valence-corrected chi connectivity index (χ2v) is 2.52. The summed E-state index contributed by atoms with van der Waals surface area (Å²) in [6.45, 7) is 6.84. The van der Waals surface area contributed by atoms with Crippen LogP contribution in [0.4, 0.5) is 6.01 Å². The van der Waals surface area contributed by atoms with Gasteiger partial charge in [-0.3, -0.25) is 0 Å². The molecule has 0 saturated heterocycles. The molecule has 1 heterocycles. The average Bonchev–Trinajstić information content (AvgIpc) is 2.63. The molecule has 0 unspecified atom stereocenters. The molecule has 1 aromatic carbocycles. The van der Waals surface area contributed by atoms with Crippen molar-refractivity contribution in [1.29, 1.82) is 0 Å². The Labute approximate surface area is 85.6 Å². The third-order valence-corrected chi connectivity index (χ3v) is 1.62. The third-order valence-electron chi connectivity index (χ3n) is 1.62. The van der Waals surface area contributed by atoms with E-state index in [2.05, 4.69) is 10.3 Å². The van der Waals surface area contributed by atoms with Crippen molar-refractivity contribution in [3.05, 3.63) is 24.3 Å². The summed E-state index contributed by atoms with van der Waals surface area (Å²) in [5.41, 5.74) is 1.72. The lowest BCUT2D eigenvalue weighted by Crippen LogP contribution is -1.95. The van der Waals surface area contributed by atoms with Gasteiger partial charge in [0.2, 0.25) is 0 Å². The van der Waals surface area contributed by atoms with Crippen LogP contribution in [0.25, 0.3) is 11.1 Å². The molecule has 14 heavy (non-hydrogen) atoms. The zero-order chi connectivity index (χ0) is 10.4. The van der Waals surface area contributed by atoms with Crippen molar-refractivity contribution < 1.29 is 5.84 Å². The van der Waals surface area contributed by atoms with Gasteiger partial charge in [-0.25, -0.2) is 0 Å². The van der Waals surface area contributed by atoms with Gasteiger partial charge in [0.1, 0.15) is 5.52 Å². The fourth-order valence-corrected chi connectivity index (χ4v) is 1.10. The second kappa shape index (κ2) is 5.27. The van der Waals surface area contributed by atoms with Gasteiger partial charge in [-0.1, -0.05) is 26.0 Å². The van der Waals surface area contributed by atoms with Crippen molar-refractivity contribution in [3.63, 3.8) is 0 Å². The largest absolute Gasteiger partial charge is 0.424 e. The van der Waals surface area contributed by atoms with Crippen molar-refractivity contribution >= 4 is 17.1 Å². The van der Waals surface area contributed by atoms with Crippen LogP contribution in [-0.2, 0) is 0 Å². The molecule has 0 spiro atoms. The number of rotatable bonds is 2. The number of hydrogen-bond acceptors (Lipinski definition) is 3. The van der Waals surface area contributed by atoms with Crippen LogP contribution in [0.15, 0.2) is 28.7 Å². The lowest BCUT2D eigenvalue weighted by Gasteiger charge is -1.91. The van der Waals surface area contributed by atoms with Crippen molar-refractivity contribution in [3.8, 4) is 0 Å². The molecule has 0 amide bonds. The number of anilines is 1. The second-order valence-electron chi connectivity index (χ2n) is 2.52. The Hall–Kier alpha value is -1.51. The summed E-state index contributed by atoms with van der Waals surface area (Å²) in [6.07, 6.45) is 0. The maximum absolute atomic E-state index is 5.39. The zero-order valence-corrected chi connectivity index (χ0v) is 8.87. The molecule has 78 valence electrons. The number of benzene rings is 1. The highest BCUT2D eigenvalue weighted by molar-refractivity contribution is 5.74. The number of oxazole rings is 1. The third kappa shape index (κ3) is 2.25. The van der Waals surface area contributed by atoms with Crippen molar-refractivity contribution in [2.24, 2.45) is 0 Å². The van der Waals surface area contributed by atoms with Crippen LogP contribution in [0.2, 0.25) is 0 Å². The summed E-state index contributed by atoms with van der Waals surface area (Å²) in [6, 6.07) is 8.31. The standard InChI is InChI=1S/C9H10N2O.C2H6.H2/c1-2-10-9-11-7-5-3-4-6-8(7)12-9;1-2;/h3-6H,2H2,1H3,(H,10,11);1-2H3;1H. The quantitative estimate of drug-likeness (QED) is 0.794. The monoisotopic (exact) mass is 194 g/mol. The first-order valence-corrected chi connectivity index (χ1v) is 4.99. The van der Waals surface area contributed by atoms with Gasteiger partial charge >= 0.3 is 0 Å². The molecule has 3 nitrogen and oxygen atoms in total. The van der Waals surface area contributed by atoms with Crippen LogP contribution in [0.3, 0.4) is 0 Å². The van der Waals surface area contributed by atoms with E-state index in [0.717, 1.165) is 17.6 Å². The van der Waals surface area contributed by atoms with Crippen LogP contribution in [0, 0.1) is 0 Å². The fraction of sp³-hybridized carbons (Fsp3) is 0.364. The predicted octanol–water partition coefficient (Wildman–Crippen LogP) is 3.53. The molecule has 2 rings (SSSR count). The lowest BCUT2D eigenvalue weighted by molar-refractivity contribution is 0.616. The van der Waals surface area contributed by atoms with Crippen LogP contribution in [-0.4, -0.2) is 11.5 Å². The minimum Gasteiger partial charge on any atom is -0.424 e. The maximum atomic E-state index is 5.39. The molecule has 1 aromatic heterocycles. The summed E-state index contributed by atoms with van der Waals surface area (Å²) < 4.78 is 5.39. The molecule has 3 heteroatoms. The minimum absolute atomic E-state index is 0. The molecule has 0 atom stereocenters. The Bertz CT molecular complexity index is 354. The van der Waals surface area contributed by atoms with E-state index in [1.54, 1.807) is 0 Å². The van der Waals surface area contributed by atoms with E-state index >= 15 is 0 Å². The minimum atomic E-state index is 0. The molecule has 2 aromatic rings. The summed E-state index contributed by atoms with van der Waals surface area (Å²) in [5, 5.41) is 3.02. The molecule has 1 N–H and O–H groups in total. The Balaban J connectivity index is 0.000000617. The number of fused-ring (bicyclic) bond motifs is 1. The highest BCUT2D eigenvalue weighted by Crippen LogP contribution is 2.17. The van der Waals surface area contributed by atoms with Gasteiger partial charge in [0.15, 0.2) is 5.58 Å². The Morgan fingerprint density at radius 3 is 2.71 bits per heavy atom. The summed E-state index contributed by atoms with van der Waals surface area (Å²) in [7, 11) is 0. The normalized spacial score (nSPS) is 9.36. The van der Waals surface area contributed by atoms with Crippen LogP contribution in [0.1, 0.15) is 22.2 Å². The van der Waals surface area contributed by atoms with Crippen molar-refractivity contribution in [2.75, 3.05) is 11.9 Å². The fourth-order valence-electron chi connectivity index (χ4n) is 1.10. The Kier molecular flexibility index (Phi) is 3.98. The first-order valence-electron chi connectivity index (χ1n) is 4.99. The van der Waals surface area contributed by atoms with Gasteiger partial charge in [-0.05, 0) is 19.1 Å². The van der Waals surface area contributed by atoms with E-state index in [9.17, 15) is 0 Å². The highest BCUT2D eigenvalue weighted by atomic mass is 16.4. The van der Waals surface area contributed by atoms with Gasteiger partial charge < -0.3 is 9.73 Å². The molecule has 0 aliphatic rings. The highest BCUT2D eigenvalue weighted by Gasteiger charge is 2.01. The summed E-state index contributed by atoms with van der Waals surface area (Å²) >= 11 is 0. The van der Waals surface area contributed by atoms with Crippen LogP contribution < -0.4 is 5.32 Å². The molecule has 0 radical (unpaired) electrons. The Morgan fingerprint density at radius 1 is 1.36 bits per heavy atom. The number of para-hydroxylation sites is 2. The van der Waals surface area contributed by atoms with E-state index in [1.807, 2.05) is 45.0 Å². The SMILES string of the molecule is CC.CCNc1nc2ccccc2o1.[HH]. The van der Waals surface area contributed by atoms with E-state index in [-0.39, 0.29) is 1.43 Å². The number of nitrogens with one attached hydrogen (secondary N) is 1. The zero-order valence-electron chi connectivity index (χ0n) is 8.87. The summed E-state index contributed by atoms with van der Waals surface area (Å²) in [5.74, 6) is 0. The van der Waals surface area contributed by atoms with Gasteiger partial charge in [-0.2, -0.15) is 4.98 Å². The smallest absolute Gasteiger partial charge is 0.295 e. The molecular weight excluding hydrogens is 176 g/mol. The van der Waals surface area contributed by atoms with Gasteiger partial charge in [0, 0.05) is 7.97 Å². The molecule has 0 saturated carbocycles. The lowest BCUT2D eigenvalue weighted by atomic mass is 10.3.